The molecule has 0 saturated carbocycles. The Balaban J connectivity index is 2.19. The van der Waals surface area contributed by atoms with Crippen LogP contribution >= 0.6 is 0 Å². The summed E-state index contributed by atoms with van der Waals surface area (Å²) < 4.78 is 0. The first-order valence-electron chi connectivity index (χ1n) is 7.12. The normalized spacial score (nSPS) is 23.4. The second-order valence-electron chi connectivity index (χ2n) is 5.22. The summed E-state index contributed by atoms with van der Waals surface area (Å²) in [5.41, 5.74) is 1.64. The summed E-state index contributed by atoms with van der Waals surface area (Å²) in [6, 6.07) is 4.39. The Morgan fingerprint density at radius 2 is 2.26 bits per heavy atom. The maximum Gasteiger partial charge on any atom is 0.254 e. The molecule has 2 heterocycles. The maximum atomic E-state index is 12.7. The molecule has 0 spiro atoms. The highest BCUT2D eigenvalue weighted by molar-refractivity contribution is 5.94. The Bertz CT molecular complexity index is 447. The summed E-state index contributed by atoms with van der Waals surface area (Å²) in [5, 5.41) is 3.51. The van der Waals surface area contributed by atoms with Gasteiger partial charge in [0.1, 0.15) is 0 Å². The summed E-state index contributed by atoms with van der Waals surface area (Å²) in [4.78, 5) is 18.8. The van der Waals surface area contributed by atoms with Gasteiger partial charge in [0.05, 0.1) is 0 Å². The molecule has 1 fully saturated rings. The van der Waals surface area contributed by atoms with Crippen molar-refractivity contribution < 1.29 is 4.79 Å². The van der Waals surface area contributed by atoms with Crippen LogP contribution in [0.1, 0.15) is 42.7 Å². The van der Waals surface area contributed by atoms with Gasteiger partial charge < -0.3 is 10.2 Å². The molecule has 2 rings (SSSR count). The Labute approximate surface area is 115 Å². The Morgan fingerprint density at radius 1 is 1.47 bits per heavy atom. The first kappa shape index (κ1) is 14.0. The molecule has 1 aromatic rings. The molecule has 2 unspecified atom stereocenters. The van der Waals surface area contributed by atoms with Crippen LogP contribution < -0.4 is 5.32 Å². The lowest BCUT2D eigenvalue weighted by Crippen LogP contribution is -2.57. The molecular formula is C15H23N3O. The number of nitrogens with one attached hydrogen (secondary N) is 1. The molecule has 0 bridgehead atoms. The highest BCUT2D eigenvalue weighted by Gasteiger charge is 2.30. The molecule has 0 aliphatic carbocycles. The molecule has 1 amide bonds. The zero-order chi connectivity index (χ0) is 13.8. The molecule has 104 valence electrons. The van der Waals surface area contributed by atoms with Gasteiger partial charge in [-0.1, -0.05) is 13.8 Å². The van der Waals surface area contributed by atoms with Crippen molar-refractivity contribution in [3.05, 3.63) is 29.6 Å². The molecule has 19 heavy (non-hydrogen) atoms. The fourth-order valence-corrected chi connectivity index (χ4v) is 2.60. The molecule has 4 heteroatoms. The Kier molecular flexibility index (Phi) is 4.53. The summed E-state index contributed by atoms with van der Waals surface area (Å²) in [6.45, 7) is 7.90. The van der Waals surface area contributed by atoms with E-state index in [9.17, 15) is 4.79 Å². The van der Waals surface area contributed by atoms with Gasteiger partial charge in [0.2, 0.25) is 0 Å². The second kappa shape index (κ2) is 6.15. The zero-order valence-electron chi connectivity index (χ0n) is 12.0. The number of nitrogens with zero attached hydrogens (tertiary/aromatic N) is 2. The smallest absolute Gasteiger partial charge is 0.254 e. The molecule has 1 N–H and O–H groups in total. The van der Waals surface area contributed by atoms with Crippen molar-refractivity contribution >= 4 is 5.91 Å². The van der Waals surface area contributed by atoms with Gasteiger partial charge in [0.15, 0.2) is 0 Å². The van der Waals surface area contributed by atoms with Gasteiger partial charge in [-0.05, 0) is 31.9 Å². The lowest BCUT2D eigenvalue weighted by atomic mass is 10.0. The number of carbonyl (C=O) groups excluding carboxylic acids is 1. The monoisotopic (exact) mass is 261 g/mol. The molecule has 2 atom stereocenters. The van der Waals surface area contributed by atoms with Crippen molar-refractivity contribution in [2.45, 2.75) is 45.7 Å². The lowest BCUT2D eigenvalue weighted by molar-refractivity contribution is 0.0575. The van der Waals surface area contributed by atoms with Gasteiger partial charge in [-0.15, -0.1) is 0 Å². The average molecular weight is 261 g/mol. The molecule has 1 aliphatic heterocycles. The van der Waals surface area contributed by atoms with Crippen molar-refractivity contribution in [1.82, 2.24) is 15.2 Å². The van der Waals surface area contributed by atoms with E-state index in [1.807, 2.05) is 24.0 Å². The maximum absolute atomic E-state index is 12.7. The number of amides is 1. The van der Waals surface area contributed by atoms with E-state index in [2.05, 4.69) is 24.1 Å². The highest BCUT2D eigenvalue weighted by Crippen LogP contribution is 2.16. The van der Waals surface area contributed by atoms with Crippen LogP contribution in [0.2, 0.25) is 0 Å². The second-order valence-corrected chi connectivity index (χ2v) is 5.22. The number of piperazine rings is 1. The van der Waals surface area contributed by atoms with E-state index in [0.717, 1.165) is 37.2 Å². The van der Waals surface area contributed by atoms with E-state index in [1.54, 1.807) is 6.20 Å². The highest BCUT2D eigenvalue weighted by atomic mass is 16.2. The zero-order valence-corrected chi connectivity index (χ0v) is 12.0. The summed E-state index contributed by atoms with van der Waals surface area (Å²) in [7, 11) is 0. The van der Waals surface area contributed by atoms with E-state index in [-0.39, 0.29) is 5.91 Å². The van der Waals surface area contributed by atoms with Crippen LogP contribution in [0.5, 0.6) is 0 Å². The fourth-order valence-electron chi connectivity index (χ4n) is 2.60. The van der Waals surface area contributed by atoms with Crippen LogP contribution in [0, 0.1) is 6.92 Å². The summed E-state index contributed by atoms with van der Waals surface area (Å²) >= 11 is 0. The van der Waals surface area contributed by atoms with Crippen LogP contribution in [0.25, 0.3) is 0 Å². The van der Waals surface area contributed by atoms with E-state index in [1.165, 1.54) is 0 Å². The Morgan fingerprint density at radius 3 is 2.89 bits per heavy atom. The van der Waals surface area contributed by atoms with Crippen LogP contribution in [-0.4, -0.2) is 41.0 Å². The standard InChI is InChI=1S/C15H23N3O/c1-4-13-10-18(14(5-2)9-17-13)15(19)12-6-7-16-11(3)8-12/h6-8,13-14,17H,4-5,9-10H2,1-3H3. The third kappa shape index (κ3) is 3.13. The lowest BCUT2D eigenvalue weighted by Gasteiger charge is -2.40. The van der Waals surface area contributed by atoms with Gasteiger partial charge in [0, 0.05) is 42.6 Å². The quantitative estimate of drug-likeness (QED) is 0.905. The van der Waals surface area contributed by atoms with E-state index in [0.29, 0.717) is 12.1 Å². The topological polar surface area (TPSA) is 45.2 Å². The minimum absolute atomic E-state index is 0.136. The molecular weight excluding hydrogens is 238 g/mol. The predicted octanol–water partition coefficient (Wildman–Crippen LogP) is 1.99. The van der Waals surface area contributed by atoms with Gasteiger partial charge in [-0.3, -0.25) is 9.78 Å². The van der Waals surface area contributed by atoms with Crippen LogP contribution in [-0.2, 0) is 0 Å². The molecule has 0 aromatic carbocycles. The molecule has 1 saturated heterocycles. The van der Waals surface area contributed by atoms with Crippen molar-refractivity contribution in [2.24, 2.45) is 0 Å². The van der Waals surface area contributed by atoms with Crippen LogP contribution in [0.4, 0.5) is 0 Å². The van der Waals surface area contributed by atoms with Crippen LogP contribution in [0.15, 0.2) is 18.3 Å². The van der Waals surface area contributed by atoms with Crippen molar-refractivity contribution in [1.29, 1.82) is 0 Å². The van der Waals surface area contributed by atoms with E-state index < -0.39 is 0 Å². The Hall–Kier alpha value is -1.42. The third-order valence-corrected chi connectivity index (χ3v) is 3.87. The molecule has 1 aliphatic rings. The average Bonchev–Trinajstić information content (AvgIpc) is 2.45. The number of hydrogen-bond acceptors (Lipinski definition) is 3. The largest absolute Gasteiger partial charge is 0.333 e. The van der Waals surface area contributed by atoms with E-state index >= 15 is 0 Å². The van der Waals surface area contributed by atoms with Crippen molar-refractivity contribution in [2.75, 3.05) is 13.1 Å². The SMILES string of the molecule is CCC1CN(C(=O)c2ccnc(C)c2)C(CC)CN1. The minimum atomic E-state index is 0.136. The first-order chi connectivity index (χ1) is 9.15. The number of aromatic nitrogens is 1. The van der Waals surface area contributed by atoms with Gasteiger partial charge in [-0.25, -0.2) is 0 Å². The number of hydrogen-bond donors (Lipinski definition) is 1. The third-order valence-electron chi connectivity index (χ3n) is 3.87. The summed E-state index contributed by atoms with van der Waals surface area (Å²) in [6.07, 6.45) is 3.75. The number of rotatable bonds is 3. The number of pyridine rings is 1. The van der Waals surface area contributed by atoms with E-state index in [4.69, 9.17) is 0 Å². The molecule has 0 radical (unpaired) electrons. The first-order valence-corrected chi connectivity index (χ1v) is 7.12. The van der Waals surface area contributed by atoms with Gasteiger partial charge in [0.25, 0.3) is 5.91 Å². The van der Waals surface area contributed by atoms with Gasteiger partial charge in [-0.2, -0.15) is 0 Å². The van der Waals surface area contributed by atoms with Crippen molar-refractivity contribution in [3.8, 4) is 0 Å². The number of carbonyl (C=O) groups is 1. The summed E-state index contributed by atoms with van der Waals surface area (Å²) in [5.74, 6) is 0.136. The van der Waals surface area contributed by atoms with Crippen LogP contribution in [0.3, 0.4) is 0 Å². The molecule has 4 nitrogen and oxygen atoms in total. The fraction of sp³-hybridized carbons (Fsp3) is 0.600. The minimum Gasteiger partial charge on any atom is -0.333 e. The van der Waals surface area contributed by atoms with Crippen molar-refractivity contribution in [3.63, 3.8) is 0 Å². The predicted molar refractivity (Wildman–Crippen MR) is 76.2 cm³/mol. The van der Waals surface area contributed by atoms with Gasteiger partial charge >= 0.3 is 0 Å². The molecule has 1 aromatic heterocycles. The number of aryl methyl sites for hydroxylation is 1.